The monoisotopic (exact) mass is 314 g/mol. The first-order chi connectivity index (χ1) is 10.6. The third-order valence-electron chi connectivity index (χ3n) is 3.16. The second-order valence-corrected chi connectivity index (χ2v) is 5.19. The largest absolute Gasteiger partial charge is 0.454 e. The number of carbonyl (C=O) groups excluding carboxylic acids is 1. The van der Waals surface area contributed by atoms with Crippen molar-refractivity contribution in [3.05, 3.63) is 48.0 Å². The van der Waals surface area contributed by atoms with Crippen molar-refractivity contribution in [3.8, 4) is 11.5 Å². The van der Waals surface area contributed by atoms with Crippen molar-refractivity contribution >= 4 is 34.5 Å². The van der Waals surface area contributed by atoms with Crippen molar-refractivity contribution < 1.29 is 14.3 Å². The summed E-state index contributed by atoms with van der Waals surface area (Å²) in [6, 6.07) is 12.7. The molecule has 1 aliphatic rings. The van der Waals surface area contributed by atoms with Gasteiger partial charge in [0.25, 0.3) is 0 Å². The van der Waals surface area contributed by atoms with Crippen molar-refractivity contribution in [3.63, 3.8) is 0 Å². The van der Waals surface area contributed by atoms with Gasteiger partial charge in [-0.25, -0.2) is 0 Å². The number of rotatable bonds is 3. The molecular weight excluding hydrogens is 300 g/mol. The summed E-state index contributed by atoms with van der Waals surface area (Å²) in [4.78, 5) is 11.4. The minimum atomic E-state index is 0.0123. The summed E-state index contributed by atoms with van der Waals surface area (Å²) in [5.74, 6) is 1.42. The van der Waals surface area contributed by atoms with Gasteiger partial charge in [0.1, 0.15) is 0 Å². The number of Topliss-reactive ketones (excluding diaryl/α,β-unsaturated/α-hetero) is 1. The maximum atomic E-state index is 11.4. The van der Waals surface area contributed by atoms with Gasteiger partial charge in [-0.3, -0.25) is 4.79 Å². The molecule has 0 saturated heterocycles. The summed E-state index contributed by atoms with van der Waals surface area (Å²) in [5, 5.41) is 6.55. The predicted octanol–water partition coefficient (Wildman–Crippen LogP) is 3.43. The lowest BCUT2D eigenvalue weighted by Crippen LogP contribution is -2.19. The van der Waals surface area contributed by atoms with E-state index in [0.717, 1.165) is 17.1 Å². The van der Waals surface area contributed by atoms with E-state index in [0.29, 0.717) is 16.4 Å². The smallest absolute Gasteiger partial charge is 0.231 e. The number of nitrogens with one attached hydrogen (secondary N) is 2. The van der Waals surface area contributed by atoms with Crippen molar-refractivity contribution in [1.29, 1.82) is 0 Å². The molecule has 0 bridgehead atoms. The van der Waals surface area contributed by atoms with Gasteiger partial charge in [-0.2, -0.15) is 0 Å². The Balaban J connectivity index is 1.67. The molecule has 1 aliphatic heterocycles. The van der Waals surface area contributed by atoms with Gasteiger partial charge in [-0.1, -0.05) is 12.1 Å². The van der Waals surface area contributed by atoms with E-state index in [1.54, 1.807) is 12.1 Å². The average Bonchev–Trinajstić information content (AvgIpc) is 2.95. The zero-order valence-electron chi connectivity index (χ0n) is 11.9. The van der Waals surface area contributed by atoms with Crippen LogP contribution in [0, 0.1) is 0 Å². The molecule has 0 radical (unpaired) electrons. The Bertz CT molecular complexity index is 746. The molecule has 0 aliphatic carbocycles. The van der Waals surface area contributed by atoms with Crippen LogP contribution in [0.15, 0.2) is 42.5 Å². The van der Waals surface area contributed by atoms with Crippen LogP contribution in [0.4, 0.5) is 11.4 Å². The van der Waals surface area contributed by atoms with Crippen molar-refractivity contribution in [2.45, 2.75) is 6.92 Å². The van der Waals surface area contributed by atoms with Crippen molar-refractivity contribution in [2.75, 3.05) is 17.4 Å². The summed E-state index contributed by atoms with van der Waals surface area (Å²) >= 11 is 5.28. The molecule has 0 fully saturated rings. The van der Waals surface area contributed by atoms with E-state index >= 15 is 0 Å². The quantitative estimate of drug-likeness (QED) is 0.668. The van der Waals surface area contributed by atoms with Gasteiger partial charge in [0.05, 0.1) is 0 Å². The van der Waals surface area contributed by atoms with Gasteiger partial charge in [0.2, 0.25) is 6.79 Å². The summed E-state index contributed by atoms with van der Waals surface area (Å²) < 4.78 is 10.6. The summed E-state index contributed by atoms with van der Waals surface area (Å²) in [7, 11) is 0. The van der Waals surface area contributed by atoms with Gasteiger partial charge < -0.3 is 20.1 Å². The Kier molecular flexibility index (Phi) is 3.93. The van der Waals surface area contributed by atoms with Gasteiger partial charge in [0.15, 0.2) is 22.4 Å². The molecule has 0 saturated carbocycles. The first kappa shape index (κ1) is 14.3. The van der Waals surface area contributed by atoms with Crippen LogP contribution >= 0.6 is 12.2 Å². The maximum absolute atomic E-state index is 11.4. The van der Waals surface area contributed by atoms with Crippen LogP contribution in [0.3, 0.4) is 0 Å². The highest BCUT2D eigenvalue weighted by Crippen LogP contribution is 2.34. The number of carbonyl (C=O) groups is 1. The maximum Gasteiger partial charge on any atom is 0.231 e. The minimum Gasteiger partial charge on any atom is -0.454 e. The Morgan fingerprint density at radius 2 is 1.77 bits per heavy atom. The first-order valence-corrected chi connectivity index (χ1v) is 7.11. The van der Waals surface area contributed by atoms with Crippen LogP contribution in [0.1, 0.15) is 17.3 Å². The van der Waals surface area contributed by atoms with E-state index in [-0.39, 0.29) is 12.6 Å². The number of ether oxygens (including phenoxy) is 2. The summed E-state index contributed by atoms with van der Waals surface area (Å²) in [6.45, 7) is 1.77. The molecule has 3 rings (SSSR count). The topological polar surface area (TPSA) is 59.6 Å². The van der Waals surface area contributed by atoms with Crippen LogP contribution < -0.4 is 20.1 Å². The molecule has 5 nitrogen and oxygen atoms in total. The molecule has 2 aromatic rings. The Morgan fingerprint density at radius 1 is 1.05 bits per heavy atom. The van der Waals surface area contributed by atoms with E-state index in [1.807, 2.05) is 30.3 Å². The molecular formula is C16H14N2O3S. The number of ketones is 1. The first-order valence-electron chi connectivity index (χ1n) is 6.70. The number of thiocarbonyl (C=S) groups is 1. The van der Waals surface area contributed by atoms with E-state index in [9.17, 15) is 4.79 Å². The number of hydrogen-bond donors (Lipinski definition) is 2. The van der Waals surface area contributed by atoms with Crippen LogP contribution in [0.2, 0.25) is 0 Å². The number of benzene rings is 2. The minimum absolute atomic E-state index is 0.0123. The predicted molar refractivity (Wildman–Crippen MR) is 88.9 cm³/mol. The number of hydrogen-bond acceptors (Lipinski definition) is 4. The van der Waals surface area contributed by atoms with Gasteiger partial charge in [0, 0.05) is 23.0 Å². The Morgan fingerprint density at radius 3 is 2.55 bits per heavy atom. The molecule has 0 atom stereocenters. The van der Waals surface area contributed by atoms with E-state index < -0.39 is 0 Å². The van der Waals surface area contributed by atoms with Gasteiger partial charge in [-0.05, 0) is 43.4 Å². The third kappa shape index (κ3) is 3.17. The van der Waals surface area contributed by atoms with Gasteiger partial charge >= 0.3 is 0 Å². The molecule has 1 heterocycles. The molecule has 22 heavy (non-hydrogen) atoms. The SMILES string of the molecule is CC(=O)c1cccc(NC(=S)Nc2ccc3c(c2)OCO3)c1. The van der Waals surface area contributed by atoms with E-state index in [4.69, 9.17) is 21.7 Å². The summed E-state index contributed by atoms with van der Waals surface area (Å²) in [6.07, 6.45) is 0. The van der Waals surface area contributed by atoms with Crippen molar-refractivity contribution in [2.24, 2.45) is 0 Å². The molecule has 2 aromatic carbocycles. The third-order valence-corrected chi connectivity index (χ3v) is 3.36. The number of anilines is 2. The second-order valence-electron chi connectivity index (χ2n) is 4.78. The zero-order valence-corrected chi connectivity index (χ0v) is 12.7. The fraction of sp³-hybridized carbons (Fsp3) is 0.125. The molecule has 0 spiro atoms. The number of fused-ring (bicyclic) bond motifs is 1. The van der Waals surface area contributed by atoms with Crippen LogP contribution in [0.25, 0.3) is 0 Å². The molecule has 112 valence electrons. The highest BCUT2D eigenvalue weighted by atomic mass is 32.1. The lowest BCUT2D eigenvalue weighted by molar-refractivity contribution is 0.101. The standard InChI is InChI=1S/C16H14N2O3S/c1-10(19)11-3-2-4-12(7-11)17-16(22)18-13-5-6-14-15(8-13)21-9-20-14/h2-8H,9H2,1H3,(H2,17,18,22). The molecule has 2 N–H and O–H groups in total. The highest BCUT2D eigenvalue weighted by Gasteiger charge is 2.13. The highest BCUT2D eigenvalue weighted by molar-refractivity contribution is 7.80. The second kappa shape index (κ2) is 6.03. The lowest BCUT2D eigenvalue weighted by Gasteiger charge is -2.11. The Hall–Kier alpha value is -2.60. The van der Waals surface area contributed by atoms with Crippen LogP contribution in [-0.4, -0.2) is 17.7 Å². The molecule has 0 aromatic heterocycles. The molecule has 0 amide bonds. The fourth-order valence-electron chi connectivity index (χ4n) is 2.08. The average molecular weight is 314 g/mol. The van der Waals surface area contributed by atoms with Crippen molar-refractivity contribution in [1.82, 2.24) is 0 Å². The van der Waals surface area contributed by atoms with Crippen LogP contribution in [-0.2, 0) is 0 Å². The Labute approximate surface area is 133 Å². The van der Waals surface area contributed by atoms with E-state index in [1.165, 1.54) is 6.92 Å². The van der Waals surface area contributed by atoms with E-state index in [2.05, 4.69) is 10.6 Å². The summed E-state index contributed by atoms with van der Waals surface area (Å²) in [5.41, 5.74) is 2.19. The molecule has 6 heteroatoms. The zero-order chi connectivity index (χ0) is 15.5. The fourth-order valence-corrected chi connectivity index (χ4v) is 2.32. The molecule has 0 unspecified atom stereocenters. The normalized spacial score (nSPS) is 11.9. The van der Waals surface area contributed by atoms with Gasteiger partial charge in [-0.15, -0.1) is 0 Å². The van der Waals surface area contributed by atoms with Crippen LogP contribution in [0.5, 0.6) is 11.5 Å². The lowest BCUT2D eigenvalue weighted by atomic mass is 10.1.